The molecule has 128 valence electrons. The highest BCUT2D eigenvalue weighted by molar-refractivity contribution is 7.89. The molecule has 0 fully saturated rings. The highest BCUT2D eigenvalue weighted by atomic mass is 32.2. The Morgan fingerprint density at radius 2 is 1.67 bits per heavy atom. The fourth-order valence-corrected chi connectivity index (χ4v) is 3.47. The molecule has 0 aliphatic heterocycles. The lowest BCUT2D eigenvalue weighted by Gasteiger charge is -2.20. The van der Waals surface area contributed by atoms with Gasteiger partial charge in [0.25, 0.3) is 5.91 Å². The zero-order chi connectivity index (χ0) is 18.0. The Labute approximate surface area is 141 Å². The van der Waals surface area contributed by atoms with Gasteiger partial charge >= 0.3 is 0 Å². The van der Waals surface area contributed by atoms with Crippen LogP contribution in [0.25, 0.3) is 0 Å². The number of hydrogen-bond acceptors (Lipinski definition) is 3. The SMILES string of the molecule is CC(C)(C)NS(=O)(=O)c1cccc(NC(=O)c2ccc(F)cc2)c1. The normalized spacial score (nSPS) is 12.0. The monoisotopic (exact) mass is 350 g/mol. The van der Waals surface area contributed by atoms with Crippen molar-refractivity contribution in [3.63, 3.8) is 0 Å². The maximum Gasteiger partial charge on any atom is 0.255 e. The van der Waals surface area contributed by atoms with Gasteiger partial charge < -0.3 is 5.32 Å². The van der Waals surface area contributed by atoms with Crippen molar-refractivity contribution >= 4 is 21.6 Å². The highest BCUT2D eigenvalue weighted by Gasteiger charge is 2.22. The van der Waals surface area contributed by atoms with Crippen LogP contribution in [0.5, 0.6) is 0 Å². The molecule has 0 heterocycles. The number of nitrogens with one attached hydrogen (secondary N) is 2. The minimum absolute atomic E-state index is 0.0503. The Hall–Kier alpha value is -2.25. The number of benzene rings is 2. The van der Waals surface area contributed by atoms with Crippen LogP contribution >= 0.6 is 0 Å². The van der Waals surface area contributed by atoms with Crippen molar-refractivity contribution in [3.05, 3.63) is 59.9 Å². The summed E-state index contributed by atoms with van der Waals surface area (Å²) in [5.41, 5.74) is -0.00905. The van der Waals surface area contributed by atoms with Crippen molar-refractivity contribution in [2.45, 2.75) is 31.2 Å². The summed E-state index contributed by atoms with van der Waals surface area (Å²) in [5.74, 6) is -0.888. The van der Waals surface area contributed by atoms with E-state index in [2.05, 4.69) is 10.0 Å². The average molecular weight is 350 g/mol. The number of halogens is 1. The van der Waals surface area contributed by atoms with Crippen molar-refractivity contribution in [1.82, 2.24) is 4.72 Å². The minimum Gasteiger partial charge on any atom is -0.322 e. The molecule has 0 aromatic heterocycles. The van der Waals surface area contributed by atoms with Crippen LogP contribution in [0.2, 0.25) is 0 Å². The van der Waals surface area contributed by atoms with E-state index in [-0.39, 0.29) is 10.5 Å². The summed E-state index contributed by atoms with van der Waals surface area (Å²) in [5, 5.41) is 2.60. The second kappa shape index (κ2) is 6.70. The molecule has 2 aromatic carbocycles. The first-order valence-corrected chi connectivity index (χ1v) is 8.76. The Balaban J connectivity index is 2.21. The van der Waals surface area contributed by atoms with Crippen LogP contribution in [0.1, 0.15) is 31.1 Å². The van der Waals surface area contributed by atoms with Crippen LogP contribution in [0, 0.1) is 5.82 Å². The topological polar surface area (TPSA) is 75.3 Å². The van der Waals surface area contributed by atoms with Crippen LogP contribution < -0.4 is 10.0 Å². The molecule has 0 aliphatic rings. The second-order valence-corrected chi connectivity index (χ2v) is 8.03. The molecule has 24 heavy (non-hydrogen) atoms. The molecule has 7 heteroatoms. The number of anilines is 1. The molecule has 2 aromatic rings. The van der Waals surface area contributed by atoms with Crippen molar-refractivity contribution in [3.8, 4) is 0 Å². The lowest BCUT2D eigenvalue weighted by atomic mass is 10.1. The van der Waals surface area contributed by atoms with E-state index in [0.717, 1.165) is 0 Å². The molecule has 2 N–H and O–H groups in total. The van der Waals surface area contributed by atoms with Gasteiger partial charge in [-0.25, -0.2) is 17.5 Å². The van der Waals surface area contributed by atoms with Crippen molar-refractivity contribution < 1.29 is 17.6 Å². The van der Waals surface area contributed by atoms with Gasteiger partial charge in [-0.15, -0.1) is 0 Å². The molecule has 0 saturated carbocycles. The van der Waals surface area contributed by atoms with Crippen LogP contribution in [0.4, 0.5) is 10.1 Å². The van der Waals surface area contributed by atoms with E-state index in [9.17, 15) is 17.6 Å². The van der Waals surface area contributed by atoms with Crippen LogP contribution in [0.3, 0.4) is 0 Å². The molecule has 0 atom stereocenters. The van der Waals surface area contributed by atoms with E-state index in [1.165, 1.54) is 42.5 Å². The van der Waals surface area contributed by atoms with E-state index in [1.54, 1.807) is 26.8 Å². The smallest absolute Gasteiger partial charge is 0.255 e. The fraction of sp³-hybridized carbons (Fsp3) is 0.235. The lowest BCUT2D eigenvalue weighted by Crippen LogP contribution is -2.40. The van der Waals surface area contributed by atoms with E-state index in [4.69, 9.17) is 0 Å². The molecule has 0 spiro atoms. The lowest BCUT2D eigenvalue weighted by molar-refractivity contribution is 0.102. The van der Waals surface area contributed by atoms with Gasteiger partial charge in [-0.05, 0) is 63.2 Å². The quantitative estimate of drug-likeness (QED) is 0.889. The molecule has 0 radical (unpaired) electrons. The maximum atomic E-state index is 12.9. The summed E-state index contributed by atoms with van der Waals surface area (Å²) >= 11 is 0. The van der Waals surface area contributed by atoms with Gasteiger partial charge in [0.05, 0.1) is 4.90 Å². The number of amides is 1. The number of carbonyl (C=O) groups is 1. The van der Waals surface area contributed by atoms with E-state index in [1.807, 2.05) is 0 Å². The Morgan fingerprint density at radius 3 is 2.25 bits per heavy atom. The van der Waals surface area contributed by atoms with E-state index >= 15 is 0 Å². The summed E-state index contributed by atoms with van der Waals surface area (Å²) in [6, 6.07) is 11.0. The summed E-state index contributed by atoms with van der Waals surface area (Å²) in [7, 11) is -3.70. The molecule has 0 bridgehead atoms. The summed E-state index contributed by atoms with van der Waals surface area (Å²) < 4.78 is 40.1. The Kier molecular flexibility index (Phi) is 5.05. The van der Waals surface area contributed by atoms with Gasteiger partial charge in [-0.1, -0.05) is 6.07 Å². The van der Waals surface area contributed by atoms with Crippen molar-refractivity contribution in [1.29, 1.82) is 0 Å². The zero-order valence-electron chi connectivity index (χ0n) is 13.6. The fourth-order valence-electron chi connectivity index (χ4n) is 2.01. The Bertz CT molecular complexity index is 841. The number of rotatable bonds is 4. The minimum atomic E-state index is -3.70. The number of hydrogen-bond donors (Lipinski definition) is 2. The highest BCUT2D eigenvalue weighted by Crippen LogP contribution is 2.18. The number of sulfonamides is 1. The summed E-state index contributed by atoms with van der Waals surface area (Å²) in [4.78, 5) is 12.2. The first-order chi connectivity index (χ1) is 11.1. The number of carbonyl (C=O) groups excluding carboxylic acids is 1. The molecule has 0 saturated heterocycles. The van der Waals surface area contributed by atoms with E-state index < -0.39 is 27.3 Å². The predicted molar refractivity (Wildman–Crippen MR) is 90.9 cm³/mol. The van der Waals surface area contributed by atoms with E-state index in [0.29, 0.717) is 5.69 Å². The van der Waals surface area contributed by atoms with Crippen LogP contribution in [0.15, 0.2) is 53.4 Å². The molecular formula is C17H19FN2O3S. The molecular weight excluding hydrogens is 331 g/mol. The Morgan fingerprint density at radius 1 is 1.04 bits per heavy atom. The average Bonchev–Trinajstić information content (AvgIpc) is 2.45. The third-order valence-electron chi connectivity index (χ3n) is 2.95. The third kappa shape index (κ3) is 4.87. The molecule has 1 amide bonds. The van der Waals surface area contributed by atoms with Gasteiger partial charge in [0.2, 0.25) is 10.0 Å². The first-order valence-electron chi connectivity index (χ1n) is 7.28. The van der Waals surface area contributed by atoms with Gasteiger partial charge in [-0.2, -0.15) is 0 Å². The van der Waals surface area contributed by atoms with Gasteiger partial charge in [0, 0.05) is 16.8 Å². The van der Waals surface area contributed by atoms with Crippen LogP contribution in [-0.4, -0.2) is 19.9 Å². The second-order valence-electron chi connectivity index (χ2n) is 6.34. The summed E-state index contributed by atoms with van der Waals surface area (Å²) in [6.45, 7) is 5.22. The molecule has 5 nitrogen and oxygen atoms in total. The van der Waals surface area contributed by atoms with Crippen molar-refractivity contribution in [2.75, 3.05) is 5.32 Å². The molecule has 0 unspecified atom stereocenters. The molecule has 0 aliphatic carbocycles. The molecule has 2 rings (SSSR count). The first kappa shape index (κ1) is 18.1. The van der Waals surface area contributed by atoms with Gasteiger partial charge in [0.1, 0.15) is 5.82 Å². The van der Waals surface area contributed by atoms with Gasteiger partial charge in [-0.3, -0.25) is 4.79 Å². The standard InChI is InChI=1S/C17H19FN2O3S/c1-17(2,3)20-24(22,23)15-6-4-5-14(11-15)19-16(21)12-7-9-13(18)10-8-12/h4-11,20H,1-3H3,(H,19,21). The zero-order valence-corrected chi connectivity index (χ0v) is 14.4. The van der Waals surface area contributed by atoms with Crippen molar-refractivity contribution in [2.24, 2.45) is 0 Å². The van der Waals surface area contributed by atoms with Crippen LogP contribution in [-0.2, 0) is 10.0 Å². The maximum absolute atomic E-state index is 12.9. The predicted octanol–water partition coefficient (Wildman–Crippen LogP) is 3.15. The summed E-state index contributed by atoms with van der Waals surface area (Å²) in [6.07, 6.45) is 0. The van der Waals surface area contributed by atoms with Gasteiger partial charge in [0.15, 0.2) is 0 Å². The third-order valence-corrected chi connectivity index (χ3v) is 4.70. The largest absolute Gasteiger partial charge is 0.322 e.